The zero-order chi connectivity index (χ0) is 14.7. The summed E-state index contributed by atoms with van der Waals surface area (Å²) in [6.45, 7) is 0.353. The lowest BCUT2D eigenvalue weighted by molar-refractivity contribution is -0.135. The van der Waals surface area contributed by atoms with Crippen molar-refractivity contribution in [2.45, 2.75) is 44.3 Å². The Morgan fingerprint density at radius 2 is 1.95 bits per heavy atom. The second kappa shape index (κ2) is 6.19. The summed E-state index contributed by atoms with van der Waals surface area (Å²) in [5.41, 5.74) is 0. The summed E-state index contributed by atoms with van der Waals surface area (Å²) in [4.78, 5) is 35.9. The van der Waals surface area contributed by atoms with Gasteiger partial charge in [0.2, 0.25) is 5.91 Å². The molecule has 0 aromatic heterocycles. The van der Waals surface area contributed by atoms with Crippen molar-refractivity contribution in [1.82, 2.24) is 10.2 Å². The molecule has 0 radical (unpaired) electrons. The van der Waals surface area contributed by atoms with Crippen molar-refractivity contribution in [3.8, 4) is 0 Å². The predicted octanol–water partition coefficient (Wildman–Crippen LogP) is 0.952. The van der Waals surface area contributed by atoms with Gasteiger partial charge in [-0.2, -0.15) is 0 Å². The Hall–Kier alpha value is -1.66. The highest BCUT2D eigenvalue weighted by atomic mass is 19.1. The van der Waals surface area contributed by atoms with Crippen molar-refractivity contribution >= 4 is 17.8 Å². The molecule has 2 amide bonds. The number of hydrogen-bond acceptors (Lipinski definition) is 3. The number of carbonyl (C=O) groups is 3. The highest BCUT2D eigenvalue weighted by Crippen LogP contribution is 2.26. The smallest absolute Gasteiger partial charge is 0.405 e. The molecule has 0 bridgehead atoms. The maximum absolute atomic E-state index is 13.2. The minimum atomic E-state index is -1.27. The van der Waals surface area contributed by atoms with Crippen molar-refractivity contribution in [1.29, 1.82) is 0 Å². The van der Waals surface area contributed by atoms with E-state index >= 15 is 0 Å². The van der Waals surface area contributed by atoms with Crippen LogP contribution >= 0.6 is 0 Å². The fourth-order valence-corrected chi connectivity index (χ4v) is 2.92. The fraction of sp³-hybridized carbons (Fsp3) is 0.769. The number of alkyl halides is 1. The van der Waals surface area contributed by atoms with Crippen LogP contribution in [0.1, 0.15) is 32.1 Å². The van der Waals surface area contributed by atoms with Gasteiger partial charge in [0.1, 0.15) is 18.0 Å². The first-order valence-electron chi connectivity index (χ1n) is 6.91. The summed E-state index contributed by atoms with van der Waals surface area (Å²) in [7, 11) is 0. The summed E-state index contributed by atoms with van der Waals surface area (Å²) < 4.78 is 13.2. The predicted molar refractivity (Wildman–Crippen MR) is 68.0 cm³/mol. The number of ketones is 1. The molecule has 1 aliphatic carbocycles. The molecule has 0 aromatic carbocycles. The highest BCUT2D eigenvalue weighted by Gasteiger charge is 2.37. The number of amides is 2. The Kier molecular flexibility index (Phi) is 4.57. The Morgan fingerprint density at radius 3 is 2.45 bits per heavy atom. The fourth-order valence-electron chi connectivity index (χ4n) is 2.92. The Balaban J connectivity index is 2.04. The van der Waals surface area contributed by atoms with Gasteiger partial charge < -0.3 is 15.3 Å². The van der Waals surface area contributed by atoms with Gasteiger partial charge in [-0.1, -0.05) is 0 Å². The van der Waals surface area contributed by atoms with Crippen LogP contribution in [-0.4, -0.2) is 53.1 Å². The maximum Gasteiger partial charge on any atom is 0.405 e. The molecule has 2 N–H and O–H groups in total. The van der Waals surface area contributed by atoms with Crippen LogP contribution in [0, 0.1) is 5.92 Å². The van der Waals surface area contributed by atoms with E-state index in [9.17, 15) is 18.8 Å². The molecular weight excluding hydrogens is 267 g/mol. The van der Waals surface area contributed by atoms with Crippen molar-refractivity contribution < 1.29 is 23.9 Å². The van der Waals surface area contributed by atoms with E-state index in [-0.39, 0.29) is 24.2 Å². The van der Waals surface area contributed by atoms with E-state index < -0.39 is 18.3 Å². The second-order valence-electron chi connectivity index (χ2n) is 5.47. The van der Waals surface area contributed by atoms with Gasteiger partial charge in [-0.25, -0.2) is 9.18 Å². The molecule has 1 aliphatic heterocycles. The molecule has 7 heteroatoms. The lowest BCUT2D eigenvalue weighted by Gasteiger charge is -2.31. The van der Waals surface area contributed by atoms with Gasteiger partial charge in [0.25, 0.3) is 0 Å². The van der Waals surface area contributed by atoms with E-state index in [1.807, 2.05) is 0 Å². The monoisotopic (exact) mass is 286 g/mol. The Bertz CT molecular complexity index is 405. The van der Waals surface area contributed by atoms with Gasteiger partial charge in [0.05, 0.1) is 6.54 Å². The molecule has 1 unspecified atom stereocenters. The summed E-state index contributed by atoms with van der Waals surface area (Å²) in [5.74, 6) is -0.408. The first-order chi connectivity index (χ1) is 9.47. The molecule has 2 fully saturated rings. The number of carbonyl (C=O) groups excluding carboxylic acids is 2. The van der Waals surface area contributed by atoms with Crippen LogP contribution in [0.4, 0.5) is 9.18 Å². The molecule has 1 heterocycles. The van der Waals surface area contributed by atoms with Gasteiger partial charge in [-0.05, 0) is 25.2 Å². The van der Waals surface area contributed by atoms with E-state index in [1.54, 1.807) is 0 Å². The lowest BCUT2D eigenvalue weighted by atomic mass is 9.82. The zero-order valence-electron chi connectivity index (χ0n) is 11.2. The van der Waals surface area contributed by atoms with Crippen molar-refractivity contribution in [2.24, 2.45) is 5.92 Å². The number of likely N-dealkylation sites (tertiary alicyclic amines) is 1. The third-order valence-electron chi connectivity index (χ3n) is 4.05. The van der Waals surface area contributed by atoms with E-state index in [1.165, 1.54) is 4.90 Å². The quantitative estimate of drug-likeness (QED) is 0.808. The van der Waals surface area contributed by atoms with Crippen LogP contribution < -0.4 is 5.32 Å². The molecule has 1 saturated carbocycles. The largest absolute Gasteiger partial charge is 0.465 e. The molecule has 20 heavy (non-hydrogen) atoms. The SMILES string of the molecule is O=C1CCC(C(NC(=O)O)C(=O)N2CC[C@H](F)C2)CC1. The lowest BCUT2D eigenvalue weighted by Crippen LogP contribution is -2.52. The first kappa shape index (κ1) is 14.7. The number of hydrogen-bond donors (Lipinski definition) is 2. The first-order valence-corrected chi connectivity index (χ1v) is 6.91. The van der Waals surface area contributed by atoms with Crippen LogP contribution in [0.2, 0.25) is 0 Å². The summed E-state index contributed by atoms with van der Waals surface area (Å²) in [5, 5.41) is 11.1. The average molecular weight is 286 g/mol. The van der Waals surface area contributed by atoms with E-state index in [4.69, 9.17) is 5.11 Å². The number of halogens is 1. The molecule has 0 spiro atoms. The molecule has 0 aromatic rings. The van der Waals surface area contributed by atoms with Crippen molar-refractivity contribution in [2.75, 3.05) is 13.1 Å². The number of carboxylic acid groups (broad SMARTS) is 1. The van der Waals surface area contributed by atoms with Crippen LogP contribution in [0.5, 0.6) is 0 Å². The standard InChI is InChI=1S/C13H19FN2O4/c14-9-5-6-16(7-9)12(18)11(15-13(19)20)8-1-3-10(17)4-2-8/h8-9,11,15H,1-7H2,(H,19,20)/t9-,11?/m0/s1. The topological polar surface area (TPSA) is 86.7 Å². The molecule has 1 saturated heterocycles. The Labute approximate surface area is 116 Å². The number of nitrogens with one attached hydrogen (secondary N) is 1. The van der Waals surface area contributed by atoms with Gasteiger partial charge in [-0.15, -0.1) is 0 Å². The molecular formula is C13H19FN2O4. The molecule has 2 aliphatic rings. The minimum absolute atomic E-state index is 0.0300. The molecule has 2 rings (SSSR count). The Morgan fingerprint density at radius 1 is 1.30 bits per heavy atom. The van der Waals surface area contributed by atoms with Gasteiger partial charge >= 0.3 is 6.09 Å². The van der Waals surface area contributed by atoms with Crippen LogP contribution in [0.15, 0.2) is 0 Å². The molecule has 112 valence electrons. The molecule has 2 atom stereocenters. The second-order valence-corrected chi connectivity index (χ2v) is 5.47. The summed E-state index contributed by atoms with van der Waals surface area (Å²) >= 11 is 0. The van der Waals surface area contributed by atoms with Crippen LogP contribution in [-0.2, 0) is 9.59 Å². The van der Waals surface area contributed by atoms with E-state index in [0.717, 1.165) is 0 Å². The summed E-state index contributed by atoms with van der Waals surface area (Å²) in [6.07, 6.45) is -0.240. The van der Waals surface area contributed by atoms with Crippen molar-refractivity contribution in [3.63, 3.8) is 0 Å². The summed E-state index contributed by atoms with van der Waals surface area (Å²) in [6, 6.07) is -0.870. The number of nitrogens with zero attached hydrogens (tertiary/aromatic N) is 1. The average Bonchev–Trinajstić information content (AvgIpc) is 2.83. The minimum Gasteiger partial charge on any atom is -0.465 e. The zero-order valence-corrected chi connectivity index (χ0v) is 11.2. The number of rotatable bonds is 3. The van der Waals surface area contributed by atoms with Gasteiger partial charge in [-0.3, -0.25) is 9.59 Å². The maximum atomic E-state index is 13.2. The van der Waals surface area contributed by atoms with Crippen LogP contribution in [0.25, 0.3) is 0 Å². The third kappa shape index (κ3) is 3.46. The molecule has 6 nitrogen and oxygen atoms in total. The van der Waals surface area contributed by atoms with Crippen LogP contribution in [0.3, 0.4) is 0 Å². The number of Topliss-reactive ketones (excluding diaryl/α,β-unsaturated/α-hetero) is 1. The third-order valence-corrected chi connectivity index (χ3v) is 4.05. The van der Waals surface area contributed by atoms with Gasteiger partial charge in [0, 0.05) is 19.4 Å². The normalized spacial score (nSPS) is 25.6. The van der Waals surface area contributed by atoms with Gasteiger partial charge in [0.15, 0.2) is 0 Å². The van der Waals surface area contributed by atoms with Crippen molar-refractivity contribution in [3.05, 3.63) is 0 Å². The highest BCUT2D eigenvalue weighted by molar-refractivity contribution is 5.86. The van der Waals surface area contributed by atoms with E-state index in [0.29, 0.717) is 38.6 Å². The van der Waals surface area contributed by atoms with E-state index in [2.05, 4.69) is 5.32 Å².